The van der Waals surface area contributed by atoms with Gasteiger partial charge in [0.2, 0.25) is 5.91 Å². The summed E-state index contributed by atoms with van der Waals surface area (Å²) in [7, 11) is 0. The van der Waals surface area contributed by atoms with Crippen molar-refractivity contribution in [3.8, 4) is 5.75 Å². The summed E-state index contributed by atoms with van der Waals surface area (Å²) in [5, 5.41) is 0.820. The largest absolute Gasteiger partial charge is 0.494 e. The summed E-state index contributed by atoms with van der Waals surface area (Å²) in [5.41, 5.74) is 7.12. The Kier molecular flexibility index (Phi) is 4.84. The molecule has 0 fully saturated rings. The van der Waals surface area contributed by atoms with E-state index in [1.165, 1.54) is 4.57 Å². The Bertz CT molecular complexity index is 962. The second kappa shape index (κ2) is 7.21. The van der Waals surface area contributed by atoms with Gasteiger partial charge in [-0.05, 0) is 49.1 Å². The summed E-state index contributed by atoms with van der Waals surface area (Å²) >= 11 is 0. The van der Waals surface area contributed by atoms with Crippen LogP contribution in [-0.4, -0.2) is 17.1 Å². The third-order valence-corrected chi connectivity index (χ3v) is 4.00. The second-order valence-corrected chi connectivity index (χ2v) is 5.94. The van der Waals surface area contributed by atoms with E-state index in [0.29, 0.717) is 29.8 Å². The maximum absolute atomic E-state index is 12.6. The molecule has 0 saturated carbocycles. The molecule has 1 heterocycles. The van der Waals surface area contributed by atoms with Crippen molar-refractivity contribution in [2.24, 2.45) is 0 Å². The Balaban J connectivity index is 1.76. The van der Waals surface area contributed by atoms with Gasteiger partial charge in [-0.2, -0.15) is 0 Å². The first kappa shape index (κ1) is 16.8. The lowest BCUT2D eigenvalue weighted by Gasteiger charge is -2.11. The predicted octanol–water partition coefficient (Wildman–Crippen LogP) is 3.39. The molecule has 0 aliphatic carbocycles. The number of para-hydroxylation sites is 1. The van der Waals surface area contributed by atoms with Gasteiger partial charge in [0.15, 0.2) is 0 Å². The number of nitrogens with zero attached hydrogens (tertiary/aromatic N) is 1. The van der Waals surface area contributed by atoms with Crippen molar-refractivity contribution < 1.29 is 9.53 Å². The fourth-order valence-electron chi connectivity index (χ4n) is 2.75. The quantitative estimate of drug-likeness (QED) is 0.572. The number of aromatic nitrogens is 1. The molecule has 1 aromatic heterocycles. The predicted molar refractivity (Wildman–Crippen MR) is 99.2 cm³/mol. The number of ether oxygens (including phenoxy) is 1. The summed E-state index contributed by atoms with van der Waals surface area (Å²) in [6.45, 7) is 2.12. The minimum Gasteiger partial charge on any atom is -0.494 e. The van der Waals surface area contributed by atoms with Crippen LogP contribution in [0.2, 0.25) is 0 Å². The van der Waals surface area contributed by atoms with Crippen LogP contribution in [0.1, 0.15) is 23.2 Å². The molecule has 0 unspecified atom stereocenters. The molecule has 5 heteroatoms. The maximum atomic E-state index is 12.6. The number of anilines is 1. The summed E-state index contributed by atoms with van der Waals surface area (Å²) < 4.78 is 6.82. The Morgan fingerprint density at radius 3 is 2.64 bits per heavy atom. The molecule has 2 aromatic carbocycles. The highest BCUT2D eigenvalue weighted by Gasteiger charge is 2.13. The molecule has 0 amide bonds. The van der Waals surface area contributed by atoms with E-state index < -0.39 is 0 Å². The van der Waals surface area contributed by atoms with Gasteiger partial charge in [0.25, 0.3) is 5.56 Å². The topological polar surface area (TPSA) is 74.3 Å². The zero-order valence-corrected chi connectivity index (χ0v) is 14.1. The number of benzene rings is 2. The van der Waals surface area contributed by atoms with E-state index in [1.54, 1.807) is 25.1 Å². The first-order chi connectivity index (χ1) is 12.1. The van der Waals surface area contributed by atoms with Crippen molar-refractivity contribution >= 4 is 22.5 Å². The number of hydrogen-bond acceptors (Lipinski definition) is 4. The van der Waals surface area contributed by atoms with Crippen molar-refractivity contribution in [3.05, 3.63) is 70.5 Å². The van der Waals surface area contributed by atoms with Crippen molar-refractivity contribution in [2.75, 3.05) is 12.3 Å². The molecule has 0 aliphatic rings. The number of carbonyl (C=O) groups is 1. The van der Waals surface area contributed by atoms with Crippen molar-refractivity contribution in [2.45, 2.75) is 19.8 Å². The van der Waals surface area contributed by atoms with Crippen molar-refractivity contribution in [3.63, 3.8) is 0 Å². The molecule has 2 N–H and O–H groups in total. The summed E-state index contributed by atoms with van der Waals surface area (Å²) in [6, 6.07) is 16.4. The van der Waals surface area contributed by atoms with Gasteiger partial charge >= 0.3 is 0 Å². The van der Waals surface area contributed by atoms with E-state index in [1.807, 2.05) is 36.4 Å². The molecule has 3 rings (SSSR count). The molecule has 128 valence electrons. The van der Waals surface area contributed by atoms with E-state index in [0.717, 1.165) is 11.1 Å². The lowest BCUT2D eigenvalue weighted by Crippen LogP contribution is -2.28. The monoisotopic (exact) mass is 336 g/mol. The molecule has 0 atom stereocenters. The van der Waals surface area contributed by atoms with Crippen LogP contribution in [0.3, 0.4) is 0 Å². The molecule has 0 spiro atoms. The number of nitrogen functional groups attached to an aromatic ring is 1. The zero-order valence-electron chi connectivity index (χ0n) is 14.1. The lowest BCUT2D eigenvalue weighted by molar-refractivity contribution is 0.0894. The molecular formula is C20H20N2O3. The summed E-state index contributed by atoms with van der Waals surface area (Å²) in [6.07, 6.45) is 0.748. The Morgan fingerprint density at radius 1 is 1.12 bits per heavy atom. The van der Waals surface area contributed by atoms with Gasteiger partial charge in [-0.1, -0.05) is 24.3 Å². The molecular weight excluding hydrogens is 316 g/mol. The minimum absolute atomic E-state index is 0.222. The fourth-order valence-corrected chi connectivity index (χ4v) is 2.75. The van der Waals surface area contributed by atoms with Crippen molar-refractivity contribution in [1.29, 1.82) is 0 Å². The van der Waals surface area contributed by atoms with E-state index in [-0.39, 0.29) is 17.9 Å². The van der Waals surface area contributed by atoms with Crippen LogP contribution in [0.15, 0.2) is 59.4 Å². The summed E-state index contributed by atoms with van der Waals surface area (Å²) in [5.74, 6) is 0.516. The number of rotatable bonds is 5. The van der Waals surface area contributed by atoms with Gasteiger partial charge in [-0.15, -0.1) is 0 Å². The second-order valence-electron chi connectivity index (χ2n) is 5.94. The third kappa shape index (κ3) is 3.71. The third-order valence-electron chi connectivity index (χ3n) is 4.00. The average molecular weight is 336 g/mol. The van der Waals surface area contributed by atoms with Gasteiger partial charge in [-0.3, -0.25) is 9.59 Å². The number of hydrogen-bond donors (Lipinski definition) is 1. The standard InChI is InChI=1S/C20H20N2O3/c1-14-12-15-9-10-16(21)13-18(15)22(20(14)24)19(23)8-5-11-25-17-6-3-2-4-7-17/h2-4,6-7,9-10,12-13H,5,8,11,21H2,1H3. The highest BCUT2D eigenvalue weighted by molar-refractivity contribution is 5.92. The van der Waals surface area contributed by atoms with Gasteiger partial charge in [0.05, 0.1) is 12.1 Å². The van der Waals surface area contributed by atoms with Crippen molar-refractivity contribution in [1.82, 2.24) is 4.57 Å². The molecule has 0 bridgehead atoms. The number of pyridine rings is 1. The van der Waals surface area contributed by atoms with Gasteiger partial charge in [0, 0.05) is 17.7 Å². The Morgan fingerprint density at radius 2 is 1.88 bits per heavy atom. The van der Waals surface area contributed by atoms with Crippen LogP contribution in [-0.2, 0) is 0 Å². The SMILES string of the molecule is Cc1cc2ccc(N)cc2n(C(=O)CCCOc2ccccc2)c1=O. The first-order valence-corrected chi connectivity index (χ1v) is 8.19. The van der Waals surface area contributed by atoms with Crippen LogP contribution >= 0.6 is 0 Å². The van der Waals surface area contributed by atoms with Crippen LogP contribution in [0, 0.1) is 6.92 Å². The number of nitrogens with two attached hydrogens (primary N) is 1. The number of fused-ring (bicyclic) bond motifs is 1. The van der Waals surface area contributed by atoms with Crippen LogP contribution in [0.4, 0.5) is 5.69 Å². The fraction of sp³-hybridized carbons (Fsp3) is 0.200. The Labute approximate surface area is 145 Å². The van der Waals surface area contributed by atoms with E-state index >= 15 is 0 Å². The maximum Gasteiger partial charge on any atom is 0.260 e. The van der Waals surface area contributed by atoms with E-state index in [2.05, 4.69) is 0 Å². The van der Waals surface area contributed by atoms with Crippen LogP contribution < -0.4 is 16.0 Å². The lowest BCUT2D eigenvalue weighted by atomic mass is 10.1. The van der Waals surface area contributed by atoms with E-state index in [4.69, 9.17) is 10.5 Å². The van der Waals surface area contributed by atoms with Gasteiger partial charge in [0.1, 0.15) is 5.75 Å². The van der Waals surface area contributed by atoms with Gasteiger partial charge < -0.3 is 10.5 Å². The normalized spacial score (nSPS) is 10.8. The highest BCUT2D eigenvalue weighted by atomic mass is 16.5. The molecule has 5 nitrogen and oxygen atoms in total. The molecule has 0 aliphatic heterocycles. The zero-order chi connectivity index (χ0) is 17.8. The smallest absolute Gasteiger partial charge is 0.260 e. The molecule has 25 heavy (non-hydrogen) atoms. The number of carbonyl (C=O) groups excluding carboxylic acids is 1. The van der Waals surface area contributed by atoms with Crippen LogP contribution in [0.25, 0.3) is 10.9 Å². The number of aryl methyl sites for hydroxylation is 1. The van der Waals surface area contributed by atoms with Gasteiger partial charge in [-0.25, -0.2) is 4.57 Å². The summed E-state index contributed by atoms with van der Waals surface area (Å²) in [4.78, 5) is 25.1. The highest BCUT2D eigenvalue weighted by Crippen LogP contribution is 2.18. The molecule has 0 saturated heterocycles. The molecule has 3 aromatic rings. The molecule has 0 radical (unpaired) electrons. The Hall–Kier alpha value is -3.08. The van der Waals surface area contributed by atoms with E-state index in [9.17, 15) is 9.59 Å². The average Bonchev–Trinajstić information content (AvgIpc) is 2.61. The minimum atomic E-state index is -0.299. The first-order valence-electron chi connectivity index (χ1n) is 8.19. The van der Waals surface area contributed by atoms with Crippen LogP contribution in [0.5, 0.6) is 5.75 Å².